The maximum absolute atomic E-state index is 12.3. The molecule has 2 aromatic heterocycles. The third-order valence-corrected chi connectivity index (χ3v) is 4.84. The number of hydrogen-bond acceptors (Lipinski definition) is 9. The van der Waals surface area contributed by atoms with Gasteiger partial charge in [-0.15, -0.1) is 11.3 Å². The second-order valence-electron chi connectivity index (χ2n) is 5.39. The van der Waals surface area contributed by atoms with Crippen LogP contribution in [0.4, 0.5) is 10.9 Å². The lowest BCUT2D eigenvalue weighted by atomic mass is 10.1. The van der Waals surface area contributed by atoms with Crippen LogP contribution in [0.15, 0.2) is 12.3 Å². The Kier molecular flexibility index (Phi) is 4.74. The van der Waals surface area contributed by atoms with Crippen LogP contribution in [0.5, 0.6) is 0 Å². The number of carbonyl (C=O) groups excluding carboxylic acids is 1. The van der Waals surface area contributed by atoms with Gasteiger partial charge in [-0.2, -0.15) is 0 Å². The highest BCUT2D eigenvalue weighted by atomic mass is 32.1. The molecule has 0 saturated heterocycles. The summed E-state index contributed by atoms with van der Waals surface area (Å²) in [7, 11) is 0. The topological polar surface area (TPSA) is 125 Å². The fourth-order valence-corrected chi connectivity index (χ4v) is 3.98. The standard InChI is InChI=1S/C14H16N6O4S/c1-3-24-13(21)11-9-5-4-6-10(9)25-12(11)15-8(2)7-19-17-14(16-18-19)20(22)23/h15H,2-7H2,1H3. The number of aryl methyl sites for hydroxylation is 1. The number of allylic oxidation sites excluding steroid dienone is 1. The van der Waals surface area contributed by atoms with E-state index in [1.54, 1.807) is 6.92 Å². The number of aromatic nitrogens is 4. The molecule has 25 heavy (non-hydrogen) atoms. The fourth-order valence-electron chi connectivity index (χ4n) is 2.66. The first-order valence-electron chi connectivity index (χ1n) is 7.68. The minimum absolute atomic E-state index is 0.0890. The summed E-state index contributed by atoms with van der Waals surface area (Å²) in [6, 6.07) is 0. The molecule has 132 valence electrons. The molecule has 10 nitrogen and oxygen atoms in total. The molecule has 1 N–H and O–H groups in total. The van der Waals surface area contributed by atoms with E-state index in [1.165, 1.54) is 16.2 Å². The minimum Gasteiger partial charge on any atom is -0.462 e. The first-order valence-corrected chi connectivity index (χ1v) is 8.50. The highest BCUT2D eigenvalue weighted by molar-refractivity contribution is 7.16. The van der Waals surface area contributed by atoms with Gasteiger partial charge in [0, 0.05) is 15.8 Å². The van der Waals surface area contributed by atoms with Crippen molar-refractivity contribution >= 4 is 28.3 Å². The highest BCUT2D eigenvalue weighted by Gasteiger charge is 2.28. The van der Waals surface area contributed by atoms with Crippen LogP contribution in [-0.2, 0) is 24.1 Å². The molecule has 11 heteroatoms. The van der Waals surface area contributed by atoms with Crippen molar-refractivity contribution < 1.29 is 14.5 Å². The predicted molar refractivity (Wildman–Crippen MR) is 89.5 cm³/mol. The van der Waals surface area contributed by atoms with Crippen LogP contribution in [0.1, 0.15) is 34.1 Å². The van der Waals surface area contributed by atoms with E-state index in [-0.39, 0.29) is 12.5 Å². The molecule has 0 aromatic carbocycles. The normalized spacial score (nSPS) is 12.7. The lowest BCUT2D eigenvalue weighted by Crippen LogP contribution is -2.13. The molecule has 0 aliphatic heterocycles. The van der Waals surface area contributed by atoms with E-state index in [1.807, 2.05) is 0 Å². The molecule has 1 aliphatic carbocycles. The number of fused-ring (bicyclic) bond motifs is 1. The van der Waals surface area contributed by atoms with Gasteiger partial charge in [0.25, 0.3) is 0 Å². The third kappa shape index (κ3) is 3.50. The number of rotatable bonds is 7. The van der Waals surface area contributed by atoms with E-state index in [2.05, 4.69) is 27.3 Å². The van der Waals surface area contributed by atoms with Crippen LogP contribution < -0.4 is 5.32 Å². The van der Waals surface area contributed by atoms with Crippen molar-refractivity contribution in [2.45, 2.75) is 32.7 Å². The Morgan fingerprint density at radius 1 is 1.52 bits per heavy atom. The average Bonchev–Trinajstić information content (AvgIpc) is 3.22. The largest absolute Gasteiger partial charge is 0.514 e. The summed E-state index contributed by atoms with van der Waals surface area (Å²) in [5.41, 5.74) is 2.07. The van der Waals surface area contributed by atoms with Crippen molar-refractivity contribution in [2.75, 3.05) is 11.9 Å². The lowest BCUT2D eigenvalue weighted by Gasteiger charge is -2.09. The van der Waals surface area contributed by atoms with Crippen molar-refractivity contribution in [2.24, 2.45) is 0 Å². The molecule has 1 aliphatic rings. The number of nitro groups is 1. The van der Waals surface area contributed by atoms with Crippen LogP contribution in [-0.4, -0.2) is 37.7 Å². The monoisotopic (exact) mass is 364 g/mol. The van der Waals surface area contributed by atoms with E-state index >= 15 is 0 Å². The summed E-state index contributed by atoms with van der Waals surface area (Å²) in [5, 5.41) is 24.9. The van der Waals surface area contributed by atoms with Gasteiger partial charge in [0.05, 0.1) is 22.4 Å². The zero-order valence-electron chi connectivity index (χ0n) is 13.5. The second kappa shape index (κ2) is 6.97. The van der Waals surface area contributed by atoms with Gasteiger partial charge in [-0.1, -0.05) is 11.4 Å². The number of tetrazole rings is 1. The predicted octanol–water partition coefficient (Wildman–Crippen LogP) is 1.93. The summed E-state index contributed by atoms with van der Waals surface area (Å²) in [6.45, 7) is 6.03. The summed E-state index contributed by atoms with van der Waals surface area (Å²) in [5.74, 6) is -0.929. The zero-order chi connectivity index (χ0) is 18.0. The Balaban J connectivity index is 1.76. The molecule has 0 saturated carbocycles. The SMILES string of the molecule is C=C(Cn1nnc([N+](=O)[O-])n1)Nc1sc2c(c1C(=O)OCC)CCC2. The number of anilines is 1. The quantitative estimate of drug-likeness (QED) is 0.449. The molecule has 0 radical (unpaired) electrons. The number of nitrogens with zero attached hydrogens (tertiary/aromatic N) is 5. The van der Waals surface area contributed by atoms with Crippen molar-refractivity contribution in [3.05, 3.63) is 38.4 Å². The Hall–Kier alpha value is -2.82. The molecule has 0 spiro atoms. The Labute approximate surface area is 146 Å². The zero-order valence-corrected chi connectivity index (χ0v) is 14.3. The molecule has 0 amide bonds. The number of ether oxygens (including phenoxy) is 1. The van der Waals surface area contributed by atoms with Crippen molar-refractivity contribution in [1.82, 2.24) is 20.2 Å². The summed E-state index contributed by atoms with van der Waals surface area (Å²) >= 11 is 1.51. The second-order valence-corrected chi connectivity index (χ2v) is 6.49. The van der Waals surface area contributed by atoms with Crippen LogP contribution in [0, 0.1) is 10.1 Å². The first kappa shape index (κ1) is 17.0. The molecular weight excluding hydrogens is 348 g/mol. The van der Waals surface area contributed by atoms with E-state index in [9.17, 15) is 14.9 Å². The number of hydrogen-bond donors (Lipinski definition) is 1. The smallest absolute Gasteiger partial charge is 0.462 e. The summed E-state index contributed by atoms with van der Waals surface area (Å²) in [4.78, 5) is 24.4. The molecule has 2 heterocycles. The number of carbonyl (C=O) groups is 1. The Bertz CT molecular complexity index is 842. The van der Waals surface area contributed by atoms with Gasteiger partial charge >= 0.3 is 11.9 Å². The number of nitrogens with one attached hydrogen (secondary N) is 1. The Morgan fingerprint density at radius 2 is 2.32 bits per heavy atom. The molecule has 0 unspecified atom stereocenters. The Morgan fingerprint density at radius 3 is 3.00 bits per heavy atom. The third-order valence-electron chi connectivity index (χ3n) is 3.63. The molecule has 0 fully saturated rings. The highest BCUT2D eigenvalue weighted by Crippen LogP contribution is 2.40. The van der Waals surface area contributed by atoms with Crippen LogP contribution in [0.3, 0.4) is 0 Å². The maximum atomic E-state index is 12.3. The van der Waals surface area contributed by atoms with Crippen LogP contribution >= 0.6 is 11.3 Å². The van der Waals surface area contributed by atoms with E-state index in [4.69, 9.17) is 4.74 Å². The van der Waals surface area contributed by atoms with Gasteiger partial charge in [-0.05, 0) is 36.7 Å². The summed E-state index contributed by atoms with van der Waals surface area (Å²) < 4.78 is 5.16. The van der Waals surface area contributed by atoms with Crippen LogP contribution in [0.25, 0.3) is 0 Å². The first-order chi connectivity index (χ1) is 12.0. The minimum atomic E-state index is -0.720. The number of esters is 1. The van der Waals surface area contributed by atoms with Gasteiger partial charge in [0.2, 0.25) is 0 Å². The van der Waals surface area contributed by atoms with Gasteiger partial charge in [0.15, 0.2) is 0 Å². The van der Waals surface area contributed by atoms with Crippen LogP contribution in [0.2, 0.25) is 0 Å². The number of thiophene rings is 1. The van der Waals surface area contributed by atoms with E-state index < -0.39 is 10.9 Å². The van der Waals surface area contributed by atoms with E-state index in [0.29, 0.717) is 22.9 Å². The molecule has 3 rings (SSSR count). The molecular formula is C14H16N6O4S. The molecule has 2 aromatic rings. The lowest BCUT2D eigenvalue weighted by molar-refractivity contribution is -0.394. The van der Waals surface area contributed by atoms with Gasteiger partial charge in [0.1, 0.15) is 11.5 Å². The van der Waals surface area contributed by atoms with Crippen molar-refractivity contribution in [3.63, 3.8) is 0 Å². The maximum Gasteiger partial charge on any atom is 0.514 e. The van der Waals surface area contributed by atoms with Crippen molar-refractivity contribution in [1.29, 1.82) is 0 Å². The van der Waals surface area contributed by atoms with E-state index in [0.717, 1.165) is 29.6 Å². The van der Waals surface area contributed by atoms with Gasteiger partial charge in [-0.3, -0.25) is 0 Å². The van der Waals surface area contributed by atoms with Gasteiger partial charge in [-0.25, -0.2) is 4.79 Å². The average molecular weight is 364 g/mol. The fraction of sp³-hybridized carbons (Fsp3) is 0.429. The van der Waals surface area contributed by atoms with Gasteiger partial charge < -0.3 is 20.2 Å². The van der Waals surface area contributed by atoms with Crippen molar-refractivity contribution in [3.8, 4) is 0 Å². The molecule has 0 bridgehead atoms. The summed E-state index contributed by atoms with van der Waals surface area (Å²) in [6.07, 6.45) is 2.82. The molecule has 0 atom stereocenters.